The maximum Gasteiger partial charge on any atom is 0.374 e. The number of hydrogen-bond donors (Lipinski definition) is 2. The van der Waals surface area contributed by atoms with Crippen LogP contribution in [-0.4, -0.2) is 39.5 Å². The highest BCUT2D eigenvalue weighted by Crippen LogP contribution is 2.29. The number of hydrogen-bond acceptors (Lipinski definition) is 9. The quantitative estimate of drug-likeness (QED) is 0.597. The van der Waals surface area contributed by atoms with Crippen LogP contribution in [0.5, 0.6) is 0 Å². The second-order valence-electron chi connectivity index (χ2n) is 5.32. The highest BCUT2D eigenvalue weighted by Gasteiger charge is 2.21. The second-order valence-corrected chi connectivity index (χ2v) is 7.95. The van der Waals surface area contributed by atoms with Gasteiger partial charge in [0.1, 0.15) is 5.00 Å². The Morgan fingerprint density at radius 1 is 1.18 bits per heavy atom. The minimum Gasteiger partial charge on any atom is -0.462 e. The van der Waals surface area contributed by atoms with Crippen LogP contribution in [0, 0.1) is 0 Å². The molecule has 0 saturated carbocycles. The summed E-state index contributed by atoms with van der Waals surface area (Å²) in [5.74, 6) is -2.73. The van der Waals surface area contributed by atoms with E-state index < -0.39 is 45.3 Å². The fourth-order valence-corrected chi connectivity index (χ4v) is 3.48. The number of amides is 1. The molecular formula is C16H18N2O8S2. The van der Waals surface area contributed by atoms with E-state index in [-0.39, 0.29) is 17.2 Å². The lowest BCUT2D eigenvalue weighted by Crippen LogP contribution is -2.21. The van der Waals surface area contributed by atoms with Crippen LogP contribution < -0.4 is 10.5 Å². The van der Waals surface area contributed by atoms with Crippen LogP contribution in [0.1, 0.15) is 39.6 Å². The first kappa shape index (κ1) is 21.6. The zero-order chi connectivity index (χ0) is 20.9. The molecule has 0 radical (unpaired) electrons. The number of sulfonamides is 1. The molecule has 0 aliphatic carbocycles. The van der Waals surface area contributed by atoms with Crippen molar-refractivity contribution in [3.63, 3.8) is 0 Å². The molecular weight excluding hydrogens is 412 g/mol. The van der Waals surface area contributed by atoms with E-state index in [9.17, 15) is 22.8 Å². The van der Waals surface area contributed by atoms with E-state index in [1.807, 2.05) is 6.92 Å². The Bertz CT molecular complexity index is 990. The summed E-state index contributed by atoms with van der Waals surface area (Å²) in [5, 5.41) is 7.05. The van der Waals surface area contributed by atoms with Crippen LogP contribution in [0.25, 0.3) is 0 Å². The third-order valence-corrected chi connectivity index (χ3v) is 5.25. The molecule has 2 aromatic heterocycles. The van der Waals surface area contributed by atoms with Crippen molar-refractivity contribution >= 4 is 44.2 Å². The number of carbonyl (C=O) groups excluding carboxylic acids is 3. The first-order chi connectivity index (χ1) is 13.2. The minimum atomic E-state index is -4.10. The summed E-state index contributed by atoms with van der Waals surface area (Å²) < 4.78 is 36.8. The van der Waals surface area contributed by atoms with Crippen LogP contribution in [0.15, 0.2) is 27.7 Å². The van der Waals surface area contributed by atoms with Gasteiger partial charge in [0, 0.05) is 4.88 Å². The molecule has 0 spiro atoms. The van der Waals surface area contributed by atoms with Crippen LogP contribution >= 0.6 is 11.3 Å². The Morgan fingerprint density at radius 3 is 2.46 bits per heavy atom. The van der Waals surface area contributed by atoms with Gasteiger partial charge in [0.05, 0.1) is 12.2 Å². The van der Waals surface area contributed by atoms with Crippen LogP contribution in [-0.2, 0) is 30.7 Å². The number of furan rings is 1. The summed E-state index contributed by atoms with van der Waals surface area (Å²) in [6, 6.07) is 3.68. The third-order valence-electron chi connectivity index (χ3n) is 3.28. The van der Waals surface area contributed by atoms with Crippen molar-refractivity contribution < 1.29 is 36.7 Å². The van der Waals surface area contributed by atoms with Gasteiger partial charge in [-0.25, -0.2) is 23.1 Å². The highest BCUT2D eigenvalue weighted by molar-refractivity contribution is 7.89. The molecule has 12 heteroatoms. The molecule has 28 heavy (non-hydrogen) atoms. The smallest absolute Gasteiger partial charge is 0.374 e. The first-order valence-electron chi connectivity index (χ1n) is 8.05. The van der Waals surface area contributed by atoms with Crippen molar-refractivity contribution in [2.45, 2.75) is 25.4 Å². The van der Waals surface area contributed by atoms with Crippen molar-refractivity contribution in [2.24, 2.45) is 5.14 Å². The summed E-state index contributed by atoms with van der Waals surface area (Å²) in [4.78, 5) is 36.8. The van der Waals surface area contributed by atoms with Gasteiger partial charge in [-0.15, -0.1) is 11.3 Å². The molecule has 0 fully saturated rings. The number of rotatable bonds is 8. The number of carbonyl (C=O) groups is 3. The lowest BCUT2D eigenvalue weighted by molar-refractivity contribution is -0.119. The SMILES string of the molecule is CCOC(=O)c1cc(CC)sc1NC(=O)COC(=O)c1ccc(S(N)(=O)=O)o1. The fraction of sp³-hybridized carbons (Fsp3) is 0.312. The van der Waals surface area contributed by atoms with Gasteiger partial charge in [-0.1, -0.05) is 6.92 Å². The molecule has 2 heterocycles. The average Bonchev–Trinajstić information content (AvgIpc) is 3.27. The summed E-state index contributed by atoms with van der Waals surface area (Å²) in [7, 11) is -4.10. The van der Waals surface area contributed by atoms with Crippen LogP contribution in [0.3, 0.4) is 0 Å². The van der Waals surface area contributed by atoms with Gasteiger partial charge in [0.15, 0.2) is 6.61 Å². The summed E-state index contributed by atoms with van der Waals surface area (Å²) >= 11 is 1.21. The molecule has 0 aromatic carbocycles. The Morgan fingerprint density at radius 2 is 1.89 bits per heavy atom. The van der Waals surface area contributed by atoms with Gasteiger partial charge in [-0.05, 0) is 31.5 Å². The summed E-state index contributed by atoms with van der Waals surface area (Å²) in [6.07, 6.45) is 0.660. The molecule has 10 nitrogen and oxygen atoms in total. The Labute approximate surface area is 164 Å². The van der Waals surface area contributed by atoms with Gasteiger partial charge >= 0.3 is 11.9 Å². The molecule has 2 aromatic rings. The number of primary sulfonamides is 1. The van der Waals surface area contributed by atoms with E-state index in [2.05, 4.69) is 5.32 Å². The molecule has 0 unspecified atom stereocenters. The first-order valence-corrected chi connectivity index (χ1v) is 10.4. The van der Waals surface area contributed by atoms with Crippen molar-refractivity contribution in [3.8, 4) is 0 Å². The maximum absolute atomic E-state index is 12.1. The van der Waals surface area contributed by atoms with Crippen LogP contribution in [0.2, 0.25) is 0 Å². The van der Waals surface area contributed by atoms with Gasteiger partial charge in [0.25, 0.3) is 15.9 Å². The molecule has 3 N–H and O–H groups in total. The lowest BCUT2D eigenvalue weighted by atomic mass is 10.2. The molecule has 2 rings (SSSR count). The number of nitrogens with one attached hydrogen (secondary N) is 1. The normalized spacial score (nSPS) is 11.1. The van der Waals surface area contributed by atoms with Gasteiger partial charge < -0.3 is 19.2 Å². The van der Waals surface area contributed by atoms with Gasteiger partial charge in [0.2, 0.25) is 10.9 Å². The number of esters is 2. The van der Waals surface area contributed by atoms with E-state index in [0.29, 0.717) is 6.42 Å². The summed E-state index contributed by atoms with van der Waals surface area (Å²) in [5.41, 5.74) is 0.215. The zero-order valence-electron chi connectivity index (χ0n) is 15.0. The van der Waals surface area contributed by atoms with Gasteiger partial charge in [-0.3, -0.25) is 4.79 Å². The standard InChI is InChI=1S/C16H18N2O8S2/c1-3-9-7-10(15(20)24-4-2)14(27-9)18-12(19)8-25-16(21)11-5-6-13(26-11)28(17,22)23/h5-7H,3-4,8H2,1-2H3,(H,18,19)(H2,17,22,23). The maximum atomic E-state index is 12.1. The monoisotopic (exact) mass is 430 g/mol. The molecule has 0 aliphatic rings. The molecule has 0 aliphatic heterocycles. The number of ether oxygens (including phenoxy) is 2. The van der Waals surface area contributed by atoms with E-state index >= 15 is 0 Å². The average molecular weight is 430 g/mol. The molecule has 0 saturated heterocycles. The number of aryl methyl sites for hydroxylation is 1. The van der Waals surface area contributed by atoms with Crippen molar-refractivity contribution in [1.29, 1.82) is 0 Å². The van der Waals surface area contributed by atoms with Crippen molar-refractivity contribution in [3.05, 3.63) is 34.4 Å². The zero-order valence-corrected chi connectivity index (χ0v) is 16.6. The molecule has 1 amide bonds. The number of anilines is 1. The number of nitrogens with two attached hydrogens (primary N) is 1. The van der Waals surface area contributed by atoms with E-state index in [0.717, 1.165) is 17.0 Å². The predicted octanol–water partition coefficient (Wildman–Crippen LogP) is 1.52. The molecule has 152 valence electrons. The highest BCUT2D eigenvalue weighted by atomic mass is 32.2. The Hall–Kier alpha value is -2.70. The lowest BCUT2D eigenvalue weighted by Gasteiger charge is -2.06. The Kier molecular flexibility index (Phi) is 6.94. The summed E-state index contributed by atoms with van der Waals surface area (Å²) in [6.45, 7) is 3.07. The largest absolute Gasteiger partial charge is 0.462 e. The van der Waals surface area contributed by atoms with E-state index in [4.69, 9.17) is 19.0 Å². The van der Waals surface area contributed by atoms with E-state index in [1.54, 1.807) is 13.0 Å². The second kappa shape index (κ2) is 8.99. The van der Waals surface area contributed by atoms with Crippen molar-refractivity contribution in [1.82, 2.24) is 0 Å². The third kappa shape index (κ3) is 5.41. The molecule has 0 atom stereocenters. The van der Waals surface area contributed by atoms with Crippen LogP contribution in [0.4, 0.5) is 5.00 Å². The topological polar surface area (TPSA) is 155 Å². The van der Waals surface area contributed by atoms with E-state index in [1.165, 1.54) is 11.3 Å². The number of thiophene rings is 1. The Balaban J connectivity index is 2.01. The van der Waals surface area contributed by atoms with Gasteiger partial charge in [-0.2, -0.15) is 0 Å². The fourth-order valence-electron chi connectivity index (χ4n) is 2.02. The van der Waals surface area contributed by atoms with Crippen molar-refractivity contribution in [2.75, 3.05) is 18.5 Å². The minimum absolute atomic E-state index is 0.185. The predicted molar refractivity (Wildman–Crippen MR) is 98.6 cm³/mol. The molecule has 0 bridgehead atoms.